The lowest BCUT2D eigenvalue weighted by molar-refractivity contribution is -0.555. The minimum absolute atomic E-state index is 0.00972. The van der Waals surface area contributed by atoms with Crippen molar-refractivity contribution in [3.8, 4) is 0 Å². The van der Waals surface area contributed by atoms with Crippen molar-refractivity contribution in [2.24, 2.45) is 28.1 Å². The number of hydrogen-bond donors (Lipinski definition) is 9. The summed E-state index contributed by atoms with van der Waals surface area (Å²) < 4.78 is 58.5. The van der Waals surface area contributed by atoms with Gasteiger partial charge in [-0.25, -0.2) is 0 Å². The zero-order chi connectivity index (χ0) is 50.5. The molecule has 0 aliphatic carbocycles. The Morgan fingerprint density at radius 3 is 1.55 bits per heavy atom. The predicted octanol–water partition coefficient (Wildman–Crippen LogP) is 1.33. The summed E-state index contributed by atoms with van der Waals surface area (Å²) in [4.78, 5) is 0. The van der Waals surface area contributed by atoms with E-state index in [9.17, 15) is 46.0 Å². The van der Waals surface area contributed by atoms with Gasteiger partial charge >= 0.3 is 0 Å². The zero-order valence-electron chi connectivity index (χ0n) is 42.8. The van der Waals surface area contributed by atoms with Gasteiger partial charge in [-0.1, -0.05) is 20.8 Å². The Kier molecular flexibility index (Phi) is 12.9. The predicted molar refractivity (Wildman–Crippen MR) is 237 cm³/mol. The van der Waals surface area contributed by atoms with Crippen LogP contribution >= 0.6 is 0 Å². The molecule has 0 radical (unpaired) electrons. The van der Waals surface area contributed by atoms with Gasteiger partial charge in [-0.15, -0.1) is 0 Å². The van der Waals surface area contributed by atoms with Crippen LogP contribution in [0.1, 0.15) is 124 Å². The minimum Gasteiger partial charge on any atom is -0.396 e. The first kappa shape index (κ1) is 54.6. The van der Waals surface area contributed by atoms with Crippen LogP contribution in [-0.2, 0) is 42.6 Å². The molecule has 7 heterocycles. The number of fused-ring (bicyclic) bond motifs is 4. The van der Waals surface area contributed by atoms with E-state index in [2.05, 4.69) is 0 Å². The third-order valence-corrected chi connectivity index (χ3v) is 20.7. The molecule has 7 fully saturated rings. The fraction of sp³-hybridized carbons (Fsp3) is 1.00. The fourth-order valence-corrected chi connectivity index (χ4v) is 13.0. The Morgan fingerprint density at radius 2 is 1.02 bits per heavy atom. The number of ether oxygens (including phenoxy) is 9. The van der Waals surface area contributed by atoms with E-state index in [4.69, 9.17) is 42.6 Å². The van der Waals surface area contributed by atoms with E-state index >= 15 is 0 Å². The highest BCUT2D eigenvalue weighted by Crippen LogP contribution is 2.69. The van der Waals surface area contributed by atoms with Crippen LogP contribution in [0.15, 0.2) is 0 Å². The molecule has 4 bridgehead atoms. The maximum atomic E-state index is 12.7. The van der Waals surface area contributed by atoms with Crippen LogP contribution in [0.25, 0.3) is 0 Å². The average molecular weight is 951 g/mol. The van der Waals surface area contributed by atoms with Gasteiger partial charge in [0.25, 0.3) is 0 Å². The molecule has 13 unspecified atom stereocenters. The van der Waals surface area contributed by atoms with E-state index in [1.165, 1.54) is 20.8 Å². The lowest BCUT2D eigenvalue weighted by Gasteiger charge is -2.76. The van der Waals surface area contributed by atoms with Crippen LogP contribution in [0.5, 0.6) is 0 Å². The Labute approximate surface area is 391 Å². The molecule has 19 atom stereocenters. The molecule has 0 aromatic rings. The van der Waals surface area contributed by atoms with E-state index in [1.54, 1.807) is 62.3 Å². The average Bonchev–Trinajstić information content (AvgIpc) is 3.27. The number of rotatable bonds is 16. The quantitative estimate of drug-likeness (QED) is 0.106. The first-order chi connectivity index (χ1) is 29.7. The summed E-state index contributed by atoms with van der Waals surface area (Å²) in [6.07, 6.45) is -0.0337. The van der Waals surface area contributed by atoms with Gasteiger partial charge < -0.3 is 88.6 Å². The van der Waals surface area contributed by atoms with E-state index in [-0.39, 0.29) is 52.0 Å². The molecule has 7 aliphatic heterocycles. The summed E-state index contributed by atoms with van der Waals surface area (Å²) in [7, 11) is 0. The van der Waals surface area contributed by atoms with Crippen molar-refractivity contribution in [3.05, 3.63) is 0 Å². The second-order valence-electron chi connectivity index (χ2n) is 24.5. The second-order valence-corrected chi connectivity index (χ2v) is 24.5. The fourth-order valence-electron chi connectivity index (χ4n) is 13.0. The van der Waals surface area contributed by atoms with Crippen molar-refractivity contribution in [1.82, 2.24) is 0 Å². The molecule has 66 heavy (non-hydrogen) atoms. The minimum atomic E-state index is -1.86. The molecular formula is C48H86O18. The van der Waals surface area contributed by atoms with Crippen LogP contribution < -0.4 is 0 Å². The van der Waals surface area contributed by atoms with Crippen LogP contribution in [0.3, 0.4) is 0 Å². The Hall–Kier alpha value is -0.720. The summed E-state index contributed by atoms with van der Waals surface area (Å²) in [5, 5.41) is 102. The molecule has 0 saturated carbocycles. The van der Waals surface area contributed by atoms with Crippen LogP contribution in [0.4, 0.5) is 0 Å². The second kappa shape index (κ2) is 15.6. The van der Waals surface area contributed by atoms with Gasteiger partial charge in [-0.3, -0.25) is 0 Å². The molecule has 9 N–H and O–H groups in total. The third-order valence-electron chi connectivity index (χ3n) is 20.7. The molecule has 0 aromatic heterocycles. The number of hydrogen-bond acceptors (Lipinski definition) is 18. The normalized spacial score (nSPS) is 59.2. The topological polar surface area (TPSA) is 265 Å². The van der Waals surface area contributed by atoms with Crippen molar-refractivity contribution in [1.29, 1.82) is 0 Å². The third kappa shape index (κ3) is 6.50. The van der Waals surface area contributed by atoms with Crippen molar-refractivity contribution in [2.75, 3.05) is 72.7 Å². The molecule has 386 valence electrons. The molecule has 0 amide bonds. The molecule has 18 nitrogen and oxygen atoms in total. The van der Waals surface area contributed by atoms with Crippen LogP contribution in [-0.4, -0.2) is 197 Å². The van der Waals surface area contributed by atoms with Crippen LogP contribution in [0, 0.1) is 28.1 Å². The summed E-state index contributed by atoms with van der Waals surface area (Å²) in [6, 6.07) is 0. The maximum Gasteiger partial charge on any atom is 0.203 e. The standard InChI is InChI=1S/C48H86O18/c1-30-34(5,62-40(11,21-51)45(16,57)42(30,13)55)25-60-38(9)18-32(3,19-49)44(15,56)41(12,64-39(38,10)20-50)29-59-26-35(6)43(14)31(2)33(4,63-48(35,23-53)65-43)24-58-27-36(7)46(17)37(8,54)28-61-47(36,22-52)66-46/h30-31,49-57H,18-29H2,1-17H3/t30?,31?,32?,33-,34-,35+,36+,37?,38?,39?,40?,41-,42?,43?,44?,45-,46?,47?,48?/m1/s1. The van der Waals surface area contributed by atoms with Gasteiger partial charge in [-0.05, 0) is 103 Å². The molecule has 0 spiro atoms. The highest BCUT2D eigenvalue weighted by molar-refractivity contribution is 5.25. The van der Waals surface area contributed by atoms with Gasteiger partial charge in [0.1, 0.15) is 39.2 Å². The van der Waals surface area contributed by atoms with Crippen molar-refractivity contribution < 1.29 is 88.6 Å². The van der Waals surface area contributed by atoms with Gasteiger partial charge in [0.05, 0.1) is 112 Å². The lowest BCUT2D eigenvalue weighted by Crippen LogP contribution is -2.89. The largest absolute Gasteiger partial charge is 0.396 e. The monoisotopic (exact) mass is 951 g/mol. The molecular weight excluding hydrogens is 865 g/mol. The summed E-state index contributed by atoms with van der Waals surface area (Å²) in [6.45, 7) is 26.1. The van der Waals surface area contributed by atoms with Gasteiger partial charge in [-0.2, -0.15) is 0 Å². The highest BCUT2D eigenvalue weighted by Gasteiger charge is 2.83. The van der Waals surface area contributed by atoms with Crippen molar-refractivity contribution >= 4 is 0 Å². The van der Waals surface area contributed by atoms with Gasteiger partial charge in [0.2, 0.25) is 11.6 Å². The Balaban J connectivity index is 1.22. The molecule has 0 aromatic carbocycles. The smallest absolute Gasteiger partial charge is 0.203 e. The highest BCUT2D eigenvalue weighted by atomic mass is 16.8. The lowest BCUT2D eigenvalue weighted by atomic mass is 9.53. The molecule has 7 saturated heterocycles. The summed E-state index contributed by atoms with van der Waals surface area (Å²) in [5.74, 6) is -4.00. The zero-order valence-corrected chi connectivity index (χ0v) is 42.8. The van der Waals surface area contributed by atoms with E-state index < -0.39 is 134 Å². The SMILES string of the molecule is CC1C(C)(O)[C@](C)(O)C(C)(CO)O[C@]1(C)COC1(C)CC(C)(CO)C(C)(O)[C@@](C)(COC[C@]2(C)C3(CO)OC2(C)C(C)[C@@](C)(COC[C@]2(C)C4(CO)OCC(C)(O)C2(C)O4)O3)OC1(C)CO. The van der Waals surface area contributed by atoms with E-state index in [0.29, 0.717) is 0 Å². The van der Waals surface area contributed by atoms with Gasteiger partial charge in [0.15, 0.2) is 0 Å². The summed E-state index contributed by atoms with van der Waals surface area (Å²) >= 11 is 0. The molecule has 7 aliphatic rings. The Bertz CT molecular complexity index is 1840. The maximum absolute atomic E-state index is 12.7. The number of aliphatic hydroxyl groups excluding tert-OH is 5. The molecule has 7 rings (SSSR count). The molecule has 18 heteroatoms. The number of aliphatic hydroxyl groups is 9. The van der Waals surface area contributed by atoms with E-state index in [1.807, 2.05) is 34.6 Å². The first-order valence-corrected chi connectivity index (χ1v) is 23.6. The Morgan fingerprint density at radius 1 is 0.485 bits per heavy atom. The first-order valence-electron chi connectivity index (χ1n) is 23.6. The van der Waals surface area contributed by atoms with Crippen molar-refractivity contribution in [2.45, 2.75) is 203 Å². The summed E-state index contributed by atoms with van der Waals surface area (Å²) in [5.41, 5.74) is -20.7. The van der Waals surface area contributed by atoms with Gasteiger partial charge in [0, 0.05) is 17.3 Å². The van der Waals surface area contributed by atoms with E-state index in [0.717, 1.165) is 0 Å². The van der Waals surface area contributed by atoms with Crippen molar-refractivity contribution in [3.63, 3.8) is 0 Å². The van der Waals surface area contributed by atoms with Crippen LogP contribution in [0.2, 0.25) is 0 Å².